The van der Waals surface area contributed by atoms with E-state index in [-0.39, 0.29) is 19.2 Å². The number of hydrogen-bond donors (Lipinski definition) is 1. The van der Waals surface area contributed by atoms with Crippen LogP contribution in [0.15, 0.2) is 36.5 Å². The number of ether oxygens (including phenoxy) is 2. The fraction of sp³-hybridized carbons (Fsp3) is 0.829. The van der Waals surface area contributed by atoms with Gasteiger partial charge in [0.2, 0.25) is 0 Å². The van der Waals surface area contributed by atoms with Crippen LogP contribution in [0.4, 0.5) is 0 Å². The minimum absolute atomic E-state index is 0.178. The van der Waals surface area contributed by atoms with Crippen LogP contribution in [0, 0.1) is 0 Å². The summed E-state index contributed by atoms with van der Waals surface area (Å²) in [6, 6.07) is 0. The summed E-state index contributed by atoms with van der Waals surface area (Å²) in [6.07, 6.45) is 47.6. The largest absolute Gasteiger partial charge is 0.457 e. The minimum Gasteiger partial charge on any atom is -0.457 e. The number of carbonyl (C=O) groups is 1. The molecule has 0 heterocycles. The monoisotopic (exact) mass is 633 g/mol. The SMILES string of the molecule is CCCC/C=C\C/C=C\CCCCCCCC(=O)OC(CO)COCCCCCCCCCC/C=C\CCCCCCCCC. The summed E-state index contributed by atoms with van der Waals surface area (Å²) in [5, 5.41) is 9.56. The van der Waals surface area contributed by atoms with Crippen LogP contribution < -0.4 is 0 Å². The molecule has 45 heavy (non-hydrogen) atoms. The van der Waals surface area contributed by atoms with Crippen molar-refractivity contribution in [1.29, 1.82) is 0 Å². The highest BCUT2D eigenvalue weighted by Crippen LogP contribution is 2.13. The number of carbonyl (C=O) groups excluding carboxylic acids is 1. The molecule has 264 valence electrons. The molecular formula is C41H76O4. The second-order valence-electron chi connectivity index (χ2n) is 13.0. The van der Waals surface area contributed by atoms with E-state index in [0.29, 0.717) is 13.0 Å². The van der Waals surface area contributed by atoms with Crippen molar-refractivity contribution in [2.45, 2.75) is 200 Å². The zero-order chi connectivity index (χ0) is 32.7. The Hall–Kier alpha value is -1.39. The molecule has 0 saturated heterocycles. The lowest BCUT2D eigenvalue weighted by atomic mass is 10.1. The lowest BCUT2D eigenvalue weighted by molar-refractivity contribution is -0.154. The second-order valence-corrected chi connectivity index (χ2v) is 13.0. The van der Waals surface area contributed by atoms with Crippen molar-refractivity contribution >= 4 is 5.97 Å². The molecule has 0 saturated carbocycles. The average Bonchev–Trinajstić information content (AvgIpc) is 3.05. The first-order valence-electron chi connectivity index (χ1n) is 19.6. The Balaban J connectivity index is 3.44. The summed E-state index contributed by atoms with van der Waals surface area (Å²) in [5.74, 6) is -0.216. The Morgan fingerprint density at radius 3 is 1.47 bits per heavy atom. The van der Waals surface area contributed by atoms with Crippen LogP contribution in [-0.2, 0) is 14.3 Å². The van der Waals surface area contributed by atoms with Crippen molar-refractivity contribution in [3.8, 4) is 0 Å². The molecule has 0 aliphatic carbocycles. The van der Waals surface area contributed by atoms with Crippen molar-refractivity contribution < 1.29 is 19.4 Å². The van der Waals surface area contributed by atoms with Crippen LogP contribution in [0.5, 0.6) is 0 Å². The van der Waals surface area contributed by atoms with Crippen LogP contribution in [0.3, 0.4) is 0 Å². The van der Waals surface area contributed by atoms with Crippen molar-refractivity contribution in [3.05, 3.63) is 36.5 Å². The first-order chi connectivity index (χ1) is 22.2. The van der Waals surface area contributed by atoms with Gasteiger partial charge in [0.25, 0.3) is 0 Å². The van der Waals surface area contributed by atoms with Crippen molar-refractivity contribution in [2.75, 3.05) is 19.8 Å². The highest BCUT2D eigenvalue weighted by Gasteiger charge is 2.13. The molecule has 1 N–H and O–H groups in total. The van der Waals surface area contributed by atoms with Crippen LogP contribution >= 0.6 is 0 Å². The van der Waals surface area contributed by atoms with Gasteiger partial charge in [-0.1, -0.05) is 159 Å². The molecule has 0 aliphatic rings. The van der Waals surface area contributed by atoms with Crippen LogP contribution in [0.25, 0.3) is 0 Å². The molecule has 4 heteroatoms. The highest BCUT2D eigenvalue weighted by atomic mass is 16.6. The van der Waals surface area contributed by atoms with E-state index >= 15 is 0 Å². The molecule has 0 aromatic carbocycles. The van der Waals surface area contributed by atoms with Crippen molar-refractivity contribution in [2.24, 2.45) is 0 Å². The Labute approximate surface area is 280 Å². The Kier molecular flexibility index (Phi) is 37.6. The smallest absolute Gasteiger partial charge is 0.306 e. The third-order valence-corrected chi connectivity index (χ3v) is 8.44. The minimum atomic E-state index is -0.541. The lowest BCUT2D eigenvalue weighted by Crippen LogP contribution is -2.27. The Morgan fingerprint density at radius 2 is 0.956 bits per heavy atom. The van der Waals surface area contributed by atoms with Gasteiger partial charge in [-0.2, -0.15) is 0 Å². The molecule has 0 spiro atoms. The van der Waals surface area contributed by atoms with E-state index in [9.17, 15) is 9.90 Å². The molecule has 0 aliphatic heterocycles. The van der Waals surface area contributed by atoms with E-state index in [0.717, 1.165) is 38.5 Å². The molecule has 0 radical (unpaired) electrons. The van der Waals surface area contributed by atoms with Gasteiger partial charge in [-0.25, -0.2) is 0 Å². The van der Waals surface area contributed by atoms with E-state index in [4.69, 9.17) is 9.47 Å². The van der Waals surface area contributed by atoms with Gasteiger partial charge in [0.05, 0.1) is 13.2 Å². The van der Waals surface area contributed by atoms with Gasteiger partial charge in [-0.05, 0) is 64.2 Å². The Morgan fingerprint density at radius 1 is 0.533 bits per heavy atom. The quantitative estimate of drug-likeness (QED) is 0.0424. The zero-order valence-corrected chi connectivity index (χ0v) is 30.1. The van der Waals surface area contributed by atoms with E-state index < -0.39 is 6.10 Å². The molecule has 1 atom stereocenters. The summed E-state index contributed by atoms with van der Waals surface area (Å²) in [4.78, 5) is 12.1. The molecule has 0 aromatic heterocycles. The van der Waals surface area contributed by atoms with Crippen LogP contribution in [-0.4, -0.2) is 37.0 Å². The van der Waals surface area contributed by atoms with Gasteiger partial charge in [0, 0.05) is 13.0 Å². The van der Waals surface area contributed by atoms with Crippen molar-refractivity contribution in [3.63, 3.8) is 0 Å². The molecule has 0 amide bonds. The topological polar surface area (TPSA) is 55.8 Å². The molecule has 0 bridgehead atoms. The summed E-state index contributed by atoms with van der Waals surface area (Å²) >= 11 is 0. The van der Waals surface area contributed by atoms with Crippen LogP contribution in [0.1, 0.15) is 194 Å². The van der Waals surface area contributed by atoms with Gasteiger partial charge >= 0.3 is 5.97 Å². The maximum atomic E-state index is 12.1. The number of rotatable bonds is 36. The summed E-state index contributed by atoms with van der Waals surface area (Å²) in [6.45, 7) is 5.29. The zero-order valence-electron chi connectivity index (χ0n) is 30.1. The maximum absolute atomic E-state index is 12.1. The lowest BCUT2D eigenvalue weighted by Gasteiger charge is -2.15. The van der Waals surface area contributed by atoms with Gasteiger partial charge in [-0.15, -0.1) is 0 Å². The van der Waals surface area contributed by atoms with Gasteiger partial charge in [0.1, 0.15) is 6.10 Å². The number of aliphatic hydroxyl groups is 1. The first-order valence-corrected chi connectivity index (χ1v) is 19.6. The molecule has 1 unspecified atom stereocenters. The third kappa shape index (κ3) is 36.9. The Bertz CT molecular complexity index is 668. The highest BCUT2D eigenvalue weighted by molar-refractivity contribution is 5.69. The molecule has 0 aromatic rings. The third-order valence-electron chi connectivity index (χ3n) is 8.44. The first kappa shape index (κ1) is 43.6. The predicted octanol–water partition coefficient (Wildman–Crippen LogP) is 12.5. The number of allylic oxidation sites excluding steroid dienone is 6. The van der Waals surface area contributed by atoms with E-state index in [1.807, 2.05) is 0 Å². The standard InChI is InChI=1S/C41H76O4/c1-3-5-7-9-11-13-15-17-19-20-21-22-23-25-27-29-31-33-35-37-44-39-40(38-42)45-41(43)36-34-32-30-28-26-24-18-16-14-12-10-8-6-4-2/h10,12,16,18-20,40,42H,3-9,11,13-15,17,21-39H2,1-2H3/b12-10-,18-16-,20-19-. The summed E-state index contributed by atoms with van der Waals surface area (Å²) in [7, 11) is 0. The number of hydrogen-bond acceptors (Lipinski definition) is 4. The molecule has 4 nitrogen and oxygen atoms in total. The van der Waals surface area contributed by atoms with E-state index in [1.54, 1.807) is 0 Å². The van der Waals surface area contributed by atoms with Crippen molar-refractivity contribution in [1.82, 2.24) is 0 Å². The van der Waals surface area contributed by atoms with Gasteiger partial charge < -0.3 is 14.6 Å². The summed E-state index contributed by atoms with van der Waals surface area (Å²) < 4.78 is 11.1. The predicted molar refractivity (Wildman–Crippen MR) is 196 cm³/mol. The van der Waals surface area contributed by atoms with E-state index in [2.05, 4.69) is 50.3 Å². The fourth-order valence-electron chi connectivity index (χ4n) is 5.46. The van der Waals surface area contributed by atoms with Gasteiger partial charge in [0.15, 0.2) is 0 Å². The van der Waals surface area contributed by atoms with E-state index in [1.165, 1.54) is 135 Å². The molecular weight excluding hydrogens is 556 g/mol. The van der Waals surface area contributed by atoms with Gasteiger partial charge in [-0.3, -0.25) is 4.79 Å². The molecule has 0 rings (SSSR count). The number of esters is 1. The maximum Gasteiger partial charge on any atom is 0.306 e. The second kappa shape index (κ2) is 38.8. The number of unbranched alkanes of at least 4 members (excludes halogenated alkanes) is 22. The molecule has 0 fully saturated rings. The van der Waals surface area contributed by atoms with Crippen LogP contribution in [0.2, 0.25) is 0 Å². The average molecular weight is 633 g/mol. The summed E-state index contributed by atoms with van der Waals surface area (Å²) in [5.41, 5.74) is 0. The normalized spacial score (nSPS) is 12.7. The number of aliphatic hydroxyl groups excluding tert-OH is 1. The fourth-order valence-corrected chi connectivity index (χ4v) is 5.46.